The van der Waals surface area contributed by atoms with Crippen molar-refractivity contribution in [1.29, 1.82) is 0 Å². The summed E-state index contributed by atoms with van der Waals surface area (Å²) in [6.07, 6.45) is 1.76. The van der Waals surface area contributed by atoms with Gasteiger partial charge in [-0.25, -0.2) is 8.42 Å². The van der Waals surface area contributed by atoms with E-state index < -0.39 is 10.0 Å². The van der Waals surface area contributed by atoms with Gasteiger partial charge in [-0.15, -0.1) is 10.2 Å². The Labute approximate surface area is 140 Å². The lowest BCUT2D eigenvalue weighted by molar-refractivity contribution is 0.398. The van der Waals surface area contributed by atoms with E-state index in [9.17, 15) is 8.42 Å². The quantitative estimate of drug-likeness (QED) is 0.844. The molecule has 0 bridgehead atoms. The van der Waals surface area contributed by atoms with Crippen molar-refractivity contribution in [3.8, 4) is 17.0 Å². The summed E-state index contributed by atoms with van der Waals surface area (Å²) in [5, 5.41) is 8.07. The molecule has 2 heterocycles. The van der Waals surface area contributed by atoms with E-state index in [1.54, 1.807) is 30.3 Å². The average Bonchev–Trinajstić information content (AvgIpc) is 3.10. The average molecular weight is 354 g/mol. The van der Waals surface area contributed by atoms with Crippen LogP contribution < -0.4 is 4.74 Å². The van der Waals surface area contributed by atoms with Crippen LogP contribution in [0, 0.1) is 0 Å². The van der Waals surface area contributed by atoms with Crippen molar-refractivity contribution >= 4 is 21.6 Å². The molecular formula is C15H16ClN3O3S. The minimum absolute atomic E-state index is 0.149. The highest BCUT2D eigenvalue weighted by atomic mass is 35.5. The third kappa shape index (κ3) is 3.17. The van der Waals surface area contributed by atoms with Crippen LogP contribution in [0.1, 0.15) is 12.8 Å². The molecule has 1 aliphatic heterocycles. The molecule has 1 aromatic heterocycles. The minimum Gasteiger partial charge on any atom is -0.495 e. The molecule has 23 heavy (non-hydrogen) atoms. The van der Waals surface area contributed by atoms with Gasteiger partial charge in [0.1, 0.15) is 10.6 Å². The van der Waals surface area contributed by atoms with Crippen LogP contribution >= 0.6 is 11.6 Å². The van der Waals surface area contributed by atoms with Crippen LogP contribution in [0.15, 0.2) is 35.2 Å². The summed E-state index contributed by atoms with van der Waals surface area (Å²) >= 11 is 5.74. The number of rotatable bonds is 4. The van der Waals surface area contributed by atoms with Crippen LogP contribution in [-0.2, 0) is 10.0 Å². The van der Waals surface area contributed by atoms with E-state index in [1.807, 2.05) is 0 Å². The fourth-order valence-corrected chi connectivity index (χ4v) is 4.37. The number of methoxy groups -OCH3 is 1. The van der Waals surface area contributed by atoms with Crippen LogP contribution in [0.3, 0.4) is 0 Å². The second kappa shape index (κ2) is 6.43. The first-order chi connectivity index (χ1) is 11.0. The molecule has 0 aliphatic carbocycles. The molecule has 0 N–H and O–H groups in total. The molecule has 1 aliphatic rings. The predicted molar refractivity (Wildman–Crippen MR) is 87.0 cm³/mol. The minimum atomic E-state index is -3.59. The molecule has 0 saturated carbocycles. The number of ether oxygens (including phenoxy) is 1. The second-order valence-electron chi connectivity index (χ2n) is 5.22. The van der Waals surface area contributed by atoms with Gasteiger partial charge in [0.2, 0.25) is 10.0 Å². The van der Waals surface area contributed by atoms with Crippen molar-refractivity contribution < 1.29 is 13.2 Å². The van der Waals surface area contributed by atoms with E-state index in [0.717, 1.165) is 12.8 Å². The maximum atomic E-state index is 12.8. The van der Waals surface area contributed by atoms with Gasteiger partial charge < -0.3 is 4.74 Å². The lowest BCUT2D eigenvalue weighted by atomic mass is 10.1. The monoisotopic (exact) mass is 353 g/mol. The molecule has 0 unspecified atom stereocenters. The first-order valence-corrected chi connectivity index (χ1v) is 9.02. The fourth-order valence-electron chi connectivity index (χ4n) is 2.58. The third-order valence-corrected chi connectivity index (χ3v) is 5.90. The van der Waals surface area contributed by atoms with Gasteiger partial charge in [-0.05, 0) is 43.2 Å². The van der Waals surface area contributed by atoms with Crippen molar-refractivity contribution in [2.24, 2.45) is 0 Å². The Morgan fingerprint density at radius 3 is 2.48 bits per heavy atom. The summed E-state index contributed by atoms with van der Waals surface area (Å²) in [6, 6.07) is 8.27. The Bertz CT molecular complexity index is 803. The Kier molecular flexibility index (Phi) is 4.52. The van der Waals surface area contributed by atoms with Gasteiger partial charge in [0, 0.05) is 18.7 Å². The van der Waals surface area contributed by atoms with Crippen molar-refractivity contribution in [3.63, 3.8) is 0 Å². The molecule has 6 nitrogen and oxygen atoms in total. The molecule has 8 heteroatoms. The smallest absolute Gasteiger partial charge is 0.246 e. The summed E-state index contributed by atoms with van der Waals surface area (Å²) in [4.78, 5) is 0.149. The standard InChI is InChI=1S/C15H16ClN3O3S/c1-22-13-6-4-11(12-5-7-15(16)18-17-12)10-14(13)23(20,21)19-8-2-3-9-19/h4-7,10H,2-3,8-9H2,1H3. The summed E-state index contributed by atoms with van der Waals surface area (Å²) in [5.74, 6) is 0.322. The third-order valence-electron chi connectivity index (χ3n) is 3.77. The van der Waals surface area contributed by atoms with E-state index in [4.69, 9.17) is 16.3 Å². The summed E-state index contributed by atoms with van der Waals surface area (Å²) < 4.78 is 32.4. The zero-order valence-corrected chi connectivity index (χ0v) is 14.1. The van der Waals surface area contributed by atoms with E-state index in [-0.39, 0.29) is 10.0 Å². The van der Waals surface area contributed by atoms with Gasteiger partial charge >= 0.3 is 0 Å². The van der Waals surface area contributed by atoms with Crippen LogP contribution in [0.25, 0.3) is 11.3 Å². The SMILES string of the molecule is COc1ccc(-c2ccc(Cl)nn2)cc1S(=O)(=O)N1CCCC1. The normalized spacial score (nSPS) is 15.7. The summed E-state index contributed by atoms with van der Waals surface area (Å²) in [5.41, 5.74) is 1.20. The summed E-state index contributed by atoms with van der Waals surface area (Å²) in [6.45, 7) is 1.08. The molecule has 0 amide bonds. The molecule has 0 radical (unpaired) electrons. The Morgan fingerprint density at radius 1 is 1.13 bits per heavy atom. The number of sulfonamides is 1. The molecule has 0 spiro atoms. The molecule has 122 valence electrons. The number of halogens is 1. The first kappa shape index (κ1) is 16.2. The van der Waals surface area contributed by atoms with Gasteiger partial charge in [0.25, 0.3) is 0 Å². The van der Waals surface area contributed by atoms with Crippen molar-refractivity contribution in [3.05, 3.63) is 35.5 Å². The number of hydrogen-bond donors (Lipinski definition) is 0. The fraction of sp³-hybridized carbons (Fsp3) is 0.333. The van der Waals surface area contributed by atoms with Gasteiger partial charge in [0.05, 0.1) is 12.8 Å². The van der Waals surface area contributed by atoms with E-state index in [1.165, 1.54) is 11.4 Å². The topological polar surface area (TPSA) is 72.4 Å². The zero-order chi connectivity index (χ0) is 16.4. The Balaban J connectivity index is 2.08. The molecule has 1 aromatic carbocycles. The van der Waals surface area contributed by atoms with Crippen LogP contribution in [0.4, 0.5) is 0 Å². The lowest BCUT2D eigenvalue weighted by Gasteiger charge is -2.18. The number of hydrogen-bond acceptors (Lipinski definition) is 5. The largest absolute Gasteiger partial charge is 0.495 e. The Hall–Kier alpha value is -1.70. The number of benzene rings is 1. The molecule has 3 rings (SSSR count). The molecule has 1 saturated heterocycles. The van der Waals surface area contributed by atoms with Gasteiger partial charge in [-0.1, -0.05) is 11.6 Å². The highest BCUT2D eigenvalue weighted by Gasteiger charge is 2.30. The van der Waals surface area contributed by atoms with Crippen LogP contribution in [-0.4, -0.2) is 43.1 Å². The van der Waals surface area contributed by atoms with E-state index >= 15 is 0 Å². The Morgan fingerprint density at radius 2 is 1.87 bits per heavy atom. The lowest BCUT2D eigenvalue weighted by Crippen LogP contribution is -2.28. The zero-order valence-electron chi connectivity index (χ0n) is 12.6. The van der Waals surface area contributed by atoms with E-state index in [2.05, 4.69) is 10.2 Å². The number of aromatic nitrogens is 2. The van der Waals surface area contributed by atoms with Crippen molar-refractivity contribution in [2.75, 3.05) is 20.2 Å². The summed E-state index contributed by atoms with van der Waals surface area (Å²) in [7, 11) is -2.13. The molecular weight excluding hydrogens is 338 g/mol. The second-order valence-corrected chi connectivity index (χ2v) is 7.51. The van der Waals surface area contributed by atoms with Crippen molar-refractivity contribution in [1.82, 2.24) is 14.5 Å². The maximum Gasteiger partial charge on any atom is 0.246 e. The number of nitrogens with zero attached hydrogens (tertiary/aromatic N) is 3. The van der Waals surface area contributed by atoms with Crippen LogP contribution in [0.2, 0.25) is 5.15 Å². The highest BCUT2D eigenvalue weighted by molar-refractivity contribution is 7.89. The van der Waals surface area contributed by atoms with Crippen LogP contribution in [0.5, 0.6) is 5.75 Å². The molecule has 1 fully saturated rings. The van der Waals surface area contributed by atoms with Gasteiger partial charge in [0.15, 0.2) is 5.15 Å². The van der Waals surface area contributed by atoms with Gasteiger partial charge in [-0.3, -0.25) is 0 Å². The molecule has 2 aromatic rings. The van der Waals surface area contributed by atoms with E-state index in [0.29, 0.717) is 30.1 Å². The van der Waals surface area contributed by atoms with Gasteiger partial charge in [-0.2, -0.15) is 4.31 Å². The first-order valence-electron chi connectivity index (χ1n) is 7.20. The van der Waals surface area contributed by atoms with Crippen molar-refractivity contribution in [2.45, 2.75) is 17.7 Å². The molecule has 0 atom stereocenters. The predicted octanol–water partition coefficient (Wildman–Crippen LogP) is 2.59. The maximum absolute atomic E-state index is 12.8. The highest BCUT2D eigenvalue weighted by Crippen LogP contribution is 2.32.